The number of hydrogen-bond donors (Lipinski definition) is 1. The van der Waals surface area contributed by atoms with Gasteiger partial charge in [-0.05, 0) is 42.8 Å². The van der Waals surface area contributed by atoms with E-state index in [1.165, 1.54) is 16.6 Å². The van der Waals surface area contributed by atoms with Gasteiger partial charge in [-0.15, -0.1) is 0 Å². The molecule has 1 N–H and O–H groups in total. The Bertz CT molecular complexity index is 1270. The molecule has 4 rings (SSSR count). The molecule has 0 aliphatic heterocycles. The Balaban J connectivity index is 1.60. The maximum atomic E-state index is 13.7. The van der Waals surface area contributed by atoms with E-state index in [1.807, 2.05) is 11.8 Å². The van der Waals surface area contributed by atoms with Crippen molar-refractivity contribution in [1.29, 1.82) is 0 Å². The van der Waals surface area contributed by atoms with E-state index in [0.29, 0.717) is 35.1 Å². The van der Waals surface area contributed by atoms with Crippen molar-refractivity contribution in [3.63, 3.8) is 0 Å². The lowest BCUT2D eigenvalue weighted by molar-refractivity contribution is -0.106. The first-order chi connectivity index (χ1) is 15.6. The topological polar surface area (TPSA) is 92.5 Å². The van der Waals surface area contributed by atoms with E-state index in [2.05, 4.69) is 20.4 Å². The molecule has 0 atom stereocenters. The molecule has 3 heterocycles. The molecule has 3 aromatic heterocycles. The molecule has 0 bridgehead atoms. The van der Waals surface area contributed by atoms with Crippen LogP contribution in [0.2, 0.25) is 0 Å². The zero-order valence-electron chi connectivity index (χ0n) is 17.4. The van der Waals surface area contributed by atoms with Gasteiger partial charge >= 0.3 is 0 Å². The van der Waals surface area contributed by atoms with Gasteiger partial charge in [-0.2, -0.15) is 5.10 Å². The monoisotopic (exact) mass is 432 g/mol. The summed E-state index contributed by atoms with van der Waals surface area (Å²) in [6.07, 6.45) is 3.26. The second-order valence-corrected chi connectivity index (χ2v) is 7.09. The van der Waals surface area contributed by atoms with Gasteiger partial charge in [-0.1, -0.05) is 25.1 Å². The third-order valence-electron chi connectivity index (χ3n) is 4.80. The quantitative estimate of drug-likeness (QED) is 0.428. The maximum absolute atomic E-state index is 13.7. The maximum Gasteiger partial charge on any atom is 0.277 e. The molecular formula is C23H21FN6O2. The summed E-state index contributed by atoms with van der Waals surface area (Å²) >= 11 is 0. The van der Waals surface area contributed by atoms with Crippen LogP contribution in [0.1, 0.15) is 23.8 Å². The van der Waals surface area contributed by atoms with Gasteiger partial charge in [-0.3, -0.25) is 4.79 Å². The number of imidazole rings is 1. The van der Waals surface area contributed by atoms with E-state index in [4.69, 9.17) is 0 Å². The largest absolute Gasteiger partial charge is 0.350 e. The second-order valence-electron chi connectivity index (χ2n) is 7.09. The summed E-state index contributed by atoms with van der Waals surface area (Å²) in [7, 11) is 0. The van der Waals surface area contributed by atoms with Crippen LogP contribution in [0.5, 0.6) is 0 Å². The Morgan fingerprint density at radius 2 is 2.03 bits per heavy atom. The van der Waals surface area contributed by atoms with Gasteiger partial charge in [0.2, 0.25) is 0 Å². The molecule has 0 saturated heterocycles. The fraction of sp³-hybridized carbons (Fsp3) is 0.174. The minimum atomic E-state index is -0.451. The number of anilines is 2. The number of nitrogens with zero attached hydrogens (tertiary/aromatic N) is 5. The van der Waals surface area contributed by atoms with Gasteiger partial charge in [0.05, 0.1) is 18.4 Å². The Morgan fingerprint density at radius 3 is 2.81 bits per heavy atom. The Hall–Kier alpha value is -4.14. The zero-order chi connectivity index (χ0) is 22.5. The molecule has 1 amide bonds. The van der Waals surface area contributed by atoms with Gasteiger partial charge in [0.15, 0.2) is 5.65 Å². The lowest BCUT2D eigenvalue weighted by Crippen LogP contribution is -2.27. The Kier molecular flexibility index (Phi) is 6.16. The van der Waals surface area contributed by atoms with Crippen LogP contribution in [0.25, 0.3) is 16.9 Å². The average molecular weight is 432 g/mol. The summed E-state index contributed by atoms with van der Waals surface area (Å²) < 4.78 is 15.2. The molecule has 0 radical (unpaired) electrons. The highest BCUT2D eigenvalue weighted by Crippen LogP contribution is 2.21. The van der Waals surface area contributed by atoms with Crippen LogP contribution < -0.4 is 10.2 Å². The number of carbonyl (C=O) groups excluding carboxylic acids is 2. The smallest absolute Gasteiger partial charge is 0.277 e. The van der Waals surface area contributed by atoms with Gasteiger partial charge in [0.1, 0.15) is 29.4 Å². The molecule has 0 aliphatic rings. The van der Waals surface area contributed by atoms with Crippen molar-refractivity contribution in [3.8, 4) is 11.3 Å². The number of hydrogen-bond acceptors (Lipinski definition) is 6. The second kappa shape index (κ2) is 9.34. The Labute approximate surface area is 183 Å². The summed E-state index contributed by atoms with van der Waals surface area (Å²) in [4.78, 5) is 34.4. The molecule has 0 spiro atoms. The van der Waals surface area contributed by atoms with E-state index < -0.39 is 5.91 Å². The highest BCUT2D eigenvalue weighted by atomic mass is 19.1. The van der Waals surface area contributed by atoms with Crippen molar-refractivity contribution in [1.82, 2.24) is 19.6 Å². The third-order valence-corrected chi connectivity index (χ3v) is 4.80. The predicted molar refractivity (Wildman–Crippen MR) is 119 cm³/mol. The summed E-state index contributed by atoms with van der Waals surface area (Å²) in [6, 6.07) is 14.5. The fourth-order valence-electron chi connectivity index (χ4n) is 3.35. The molecule has 0 fully saturated rings. The highest BCUT2D eigenvalue weighted by Gasteiger charge is 2.14. The number of amides is 1. The zero-order valence-corrected chi connectivity index (χ0v) is 17.4. The van der Waals surface area contributed by atoms with Crippen molar-refractivity contribution in [3.05, 3.63) is 72.3 Å². The SMILES string of the molecule is CCCN(CC=O)c1cccc(NC(=O)c2ccc3ncc(-c4cccc(F)c4)n3n2)n1. The minimum absolute atomic E-state index is 0.152. The fourth-order valence-corrected chi connectivity index (χ4v) is 3.35. The van der Waals surface area contributed by atoms with Crippen LogP contribution >= 0.6 is 0 Å². The number of halogens is 1. The van der Waals surface area contributed by atoms with Gasteiger partial charge in [0.25, 0.3) is 5.91 Å². The molecule has 8 nitrogen and oxygen atoms in total. The first-order valence-corrected chi connectivity index (χ1v) is 10.2. The summed E-state index contributed by atoms with van der Waals surface area (Å²) in [6.45, 7) is 2.91. The number of aldehydes is 1. The molecule has 0 saturated carbocycles. The van der Waals surface area contributed by atoms with Crippen molar-refractivity contribution in [2.24, 2.45) is 0 Å². The molecular weight excluding hydrogens is 411 g/mol. The van der Waals surface area contributed by atoms with Gasteiger partial charge in [0, 0.05) is 12.1 Å². The third kappa shape index (κ3) is 4.46. The van der Waals surface area contributed by atoms with E-state index >= 15 is 0 Å². The summed E-state index contributed by atoms with van der Waals surface area (Å²) in [5.41, 5.74) is 1.85. The number of carbonyl (C=O) groups is 2. The predicted octanol–water partition coefficient (Wildman–Crippen LogP) is 3.60. The van der Waals surface area contributed by atoms with Crippen LogP contribution in [-0.4, -0.2) is 44.9 Å². The normalized spacial score (nSPS) is 10.8. The number of pyridine rings is 1. The lowest BCUT2D eigenvalue weighted by atomic mass is 10.2. The Morgan fingerprint density at radius 1 is 1.19 bits per heavy atom. The van der Waals surface area contributed by atoms with Crippen molar-refractivity contribution < 1.29 is 14.0 Å². The molecule has 9 heteroatoms. The molecule has 0 aliphatic carbocycles. The number of fused-ring (bicyclic) bond motifs is 1. The number of nitrogens with one attached hydrogen (secondary N) is 1. The number of benzene rings is 1. The van der Waals surface area contributed by atoms with Crippen LogP contribution in [0.3, 0.4) is 0 Å². The van der Waals surface area contributed by atoms with Crippen molar-refractivity contribution in [2.75, 3.05) is 23.3 Å². The summed E-state index contributed by atoms with van der Waals surface area (Å²) in [5, 5.41) is 7.13. The van der Waals surface area contributed by atoms with E-state index in [9.17, 15) is 14.0 Å². The molecule has 162 valence electrons. The standard InChI is InChI=1S/C23H21FN6O2/c1-2-11-29(12-13-31)22-8-4-7-20(26-22)27-23(32)18-9-10-21-25-15-19(30(21)28-18)16-5-3-6-17(24)14-16/h3-10,13-15H,2,11-12H2,1H3,(H,26,27,32). The minimum Gasteiger partial charge on any atom is -0.350 e. The van der Waals surface area contributed by atoms with Gasteiger partial charge < -0.3 is 15.0 Å². The van der Waals surface area contributed by atoms with Crippen molar-refractivity contribution in [2.45, 2.75) is 13.3 Å². The van der Waals surface area contributed by atoms with Gasteiger partial charge in [-0.25, -0.2) is 18.9 Å². The van der Waals surface area contributed by atoms with E-state index in [1.54, 1.807) is 48.7 Å². The van der Waals surface area contributed by atoms with Crippen LogP contribution in [0.15, 0.2) is 60.8 Å². The molecule has 4 aromatic rings. The molecule has 1 aromatic carbocycles. The number of rotatable bonds is 8. The van der Waals surface area contributed by atoms with Crippen molar-refractivity contribution >= 4 is 29.5 Å². The molecule has 32 heavy (non-hydrogen) atoms. The first kappa shape index (κ1) is 21.1. The van der Waals surface area contributed by atoms with E-state index in [-0.39, 0.29) is 18.1 Å². The summed E-state index contributed by atoms with van der Waals surface area (Å²) in [5.74, 6) is 0.123. The number of aromatic nitrogens is 4. The lowest BCUT2D eigenvalue weighted by Gasteiger charge is -2.20. The van der Waals surface area contributed by atoms with Crippen LogP contribution in [0.4, 0.5) is 16.0 Å². The van der Waals surface area contributed by atoms with Crippen LogP contribution in [0, 0.1) is 5.82 Å². The van der Waals surface area contributed by atoms with E-state index in [0.717, 1.165) is 12.7 Å². The first-order valence-electron chi connectivity index (χ1n) is 10.2. The average Bonchev–Trinajstić information content (AvgIpc) is 3.22. The highest BCUT2D eigenvalue weighted by molar-refractivity contribution is 6.02. The molecule has 0 unspecified atom stereocenters. The van der Waals surface area contributed by atoms with Crippen LogP contribution in [-0.2, 0) is 4.79 Å².